The molecule has 0 aromatic rings. The molecule has 0 aromatic carbocycles. The Hall–Kier alpha value is 0.570. The van der Waals surface area contributed by atoms with Crippen molar-refractivity contribution in [1.29, 1.82) is 0 Å². The minimum Gasteiger partial charge on any atom is -0.330 e. The van der Waals surface area contributed by atoms with Gasteiger partial charge in [0.15, 0.2) is 6.49 Å². The molecule has 1 saturated carbocycles. The first kappa shape index (κ1) is 14.6. The second-order valence-corrected chi connectivity index (χ2v) is 8.26. The normalized spacial score (nSPS) is 19.6. The third-order valence-electron chi connectivity index (χ3n) is 3.11. The van der Waals surface area contributed by atoms with Gasteiger partial charge in [-0.05, 0) is 44.4 Å². The van der Waals surface area contributed by atoms with Gasteiger partial charge in [0.1, 0.15) is 0 Å². The van der Waals surface area contributed by atoms with E-state index < -0.39 is 6.49 Å². The average molecular weight is 264 g/mol. The quantitative estimate of drug-likeness (QED) is 0.525. The molecule has 0 spiro atoms. The smallest absolute Gasteiger partial charge is 0.188 e. The van der Waals surface area contributed by atoms with Gasteiger partial charge in [0.25, 0.3) is 0 Å². The summed E-state index contributed by atoms with van der Waals surface area (Å²) in [4.78, 5) is 0. The van der Waals surface area contributed by atoms with Crippen LogP contribution in [-0.2, 0) is 20.9 Å². The lowest BCUT2D eigenvalue weighted by Gasteiger charge is -2.25. The Morgan fingerprint density at radius 1 is 1.00 bits per heavy atom. The van der Waals surface area contributed by atoms with Crippen molar-refractivity contribution >= 4 is 18.3 Å². The Morgan fingerprint density at radius 2 is 1.50 bits per heavy atom. The zero-order chi connectivity index (χ0) is 11.9. The summed E-state index contributed by atoms with van der Waals surface area (Å²) in [7, 11) is 0. The van der Waals surface area contributed by atoms with E-state index in [-0.39, 0.29) is 0 Å². The molecule has 1 fully saturated rings. The van der Waals surface area contributed by atoms with Crippen molar-refractivity contribution in [3.05, 3.63) is 0 Å². The summed E-state index contributed by atoms with van der Waals surface area (Å²) in [5, 5.41) is 0. The Morgan fingerprint density at radius 3 is 1.94 bits per heavy atom. The Labute approximate surface area is 105 Å². The molecule has 96 valence electrons. The summed E-state index contributed by atoms with van der Waals surface area (Å²) >= 11 is 5.59. The maximum absolute atomic E-state index is 5.72. The van der Waals surface area contributed by atoms with Crippen LogP contribution < -0.4 is 0 Å². The molecule has 0 bridgehead atoms. The fourth-order valence-corrected chi connectivity index (χ4v) is 5.73. The Kier molecular flexibility index (Phi) is 7.14. The first-order valence-electron chi connectivity index (χ1n) is 6.58. The number of hydrogen-bond donors (Lipinski definition) is 0. The van der Waals surface area contributed by atoms with Gasteiger partial charge in [-0.2, -0.15) is 0 Å². The molecule has 1 aliphatic rings. The summed E-state index contributed by atoms with van der Waals surface area (Å²) in [5.74, 6) is 0.742. The Bertz CT molecular complexity index is 215. The summed E-state index contributed by atoms with van der Waals surface area (Å²) in [6.07, 6.45) is 9.13. The van der Waals surface area contributed by atoms with Crippen molar-refractivity contribution in [1.82, 2.24) is 0 Å². The van der Waals surface area contributed by atoms with E-state index in [4.69, 9.17) is 20.9 Å². The van der Waals surface area contributed by atoms with Crippen molar-refractivity contribution in [2.45, 2.75) is 52.4 Å². The molecule has 0 atom stereocenters. The molecule has 4 heteroatoms. The molecular formula is C12H25O2PS. The van der Waals surface area contributed by atoms with Gasteiger partial charge >= 0.3 is 0 Å². The van der Waals surface area contributed by atoms with E-state index in [9.17, 15) is 0 Å². The molecule has 0 aromatic heterocycles. The molecule has 0 heterocycles. The number of hydrogen-bond acceptors (Lipinski definition) is 3. The zero-order valence-corrected chi connectivity index (χ0v) is 12.3. The van der Waals surface area contributed by atoms with Crippen LogP contribution in [0.1, 0.15) is 52.4 Å². The summed E-state index contributed by atoms with van der Waals surface area (Å²) in [6, 6.07) is 0. The maximum atomic E-state index is 5.72. The fourth-order valence-electron chi connectivity index (χ4n) is 2.40. The highest BCUT2D eigenvalue weighted by molar-refractivity contribution is 8.09. The van der Waals surface area contributed by atoms with Crippen molar-refractivity contribution in [2.75, 3.05) is 19.4 Å². The standard InChI is InChI=1S/C12H25O2PS/c1-3-13-15(16,14-4-2)11-12-9-7-5-6-8-10-12/h12H,3-11H2,1-2H3. The molecule has 1 rings (SSSR count). The highest BCUT2D eigenvalue weighted by atomic mass is 32.5. The molecule has 0 unspecified atom stereocenters. The zero-order valence-electron chi connectivity index (χ0n) is 10.6. The fraction of sp³-hybridized carbons (Fsp3) is 1.00. The molecule has 0 saturated heterocycles. The van der Waals surface area contributed by atoms with Gasteiger partial charge in [-0.25, -0.2) is 0 Å². The highest BCUT2D eigenvalue weighted by Crippen LogP contribution is 2.51. The molecule has 0 N–H and O–H groups in total. The monoisotopic (exact) mass is 264 g/mol. The van der Waals surface area contributed by atoms with E-state index >= 15 is 0 Å². The van der Waals surface area contributed by atoms with Crippen LogP contribution in [0, 0.1) is 5.92 Å². The first-order chi connectivity index (χ1) is 7.70. The van der Waals surface area contributed by atoms with Crippen LogP contribution in [0.5, 0.6) is 0 Å². The predicted octanol–water partition coefficient (Wildman–Crippen LogP) is 4.34. The van der Waals surface area contributed by atoms with Crippen LogP contribution in [0.2, 0.25) is 0 Å². The molecule has 0 amide bonds. The van der Waals surface area contributed by atoms with Crippen LogP contribution in [0.25, 0.3) is 0 Å². The molecule has 2 nitrogen and oxygen atoms in total. The van der Waals surface area contributed by atoms with Crippen LogP contribution in [0.3, 0.4) is 0 Å². The third-order valence-corrected chi connectivity index (χ3v) is 6.45. The number of rotatable bonds is 6. The highest BCUT2D eigenvalue weighted by Gasteiger charge is 2.24. The van der Waals surface area contributed by atoms with Gasteiger partial charge in [0.05, 0.1) is 13.2 Å². The lowest BCUT2D eigenvalue weighted by atomic mass is 10.0. The van der Waals surface area contributed by atoms with Gasteiger partial charge in [-0.3, -0.25) is 0 Å². The summed E-state index contributed by atoms with van der Waals surface area (Å²) in [6.45, 7) is 3.41. The summed E-state index contributed by atoms with van der Waals surface area (Å²) < 4.78 is 11.4. The van der Waals surface area contributed by atoms with Gasteiger partial charge in [0, 0.05) is 6.16 Å². The molecule has 1 aliphatic carbocycles. The van der Waals surface area contributed by atoms with Gasteiger partial charge in [-0.1, -0.05) is 25.7 Å². The van der Waals surface area contributed by atoms with Crippen LogP contribution in [-0.4, -0.2) is 19.4 Å². The molecular weight excluding hydrogens is 239 g/mol. The topological polar surface area (TPSA) is 18.5 Å². The van der Waals surface area contributed by atoms with Crippen LogP contribution in [0.4, 0.5) is 0 Å². The van der Waals surface area contributed by atoms with Crippen LogP contribution in [0.15, 0.2) is 0 Å². The largest absolute Gasteiger partial charge is 0.330 e. The molecule has 0 aliphatic heterocycles. The SMILES string of the molecule is CCOP(=S)(CC1CCCCCC1)OCC. The van der Waals surface area contributed by atoms with E-state index in [1.807, 2.05) is 13.8 Å². The molecule has 16 heavy (non-hydrogen) atoms. The van der Waals surface area contributed by atoms with Crippen molar-refractivity contribution in [3.63, 3.8) is 0 Å². The van der Waals surface area contributed by atoms with E-state index in [2.05, 4.69) is 0 Å². The summed E-state index contributed by atoms with van der Waals surface area (Å²) in [5.41, 5.74) is 0. The van der Waals surface area contributed by atoms with E-state index in [1.165, 1.54) is 38.5 Å². The molecule has 0 radical (unpaired) electrons. The first-order valence-corrected chi connectivity index (χ1v) is 9.40. The lowest BCUT2D eigenvalue weighted by molar-refractivity contribution is 0.260. The maximum Gasteiger partial charge on any atom is 0.188 e. The van der Waals surface area contributed by atoms with Crippen molar-refractivity contribution < 1.29 is 9.05 Å². The van der Waals surface area contributed by atoms with Gasteiger partial charge in [0.2, 0.25) is 0 Å². The van der Waals surface area contributed by atoms with Gasteiger partial charge in [-0.15, -0.1) is 0 Å². The second-order valence-electron chi connectivity index (χ2n) is 4.49. The van der Waals surface area contributed by atoms with Crippen LogP contribution >= 0.6 is 6.49 Å². The Balaban J connectivity index is 2.48. The van der Waals surface area contributed by atoms with E-state index in [0.717, 1.165) is 12.1 Å². The van der Waals surface area contributed by atoms with Gasteiger partial charge < -0.3 is 9.05 Å². The minimum absolute atomic E-state index is 0.685. The van der Waals surface area contributed by atoms with E-state index in [1.54, 1.807) is 0 Å². The second kappa shape index (κ2) is 7.81. The average Bonchev–Trinajstić information content (AvgIpc) is 2.46. The van der Waals surface area contributed by atoms with Crippen molar-refractivity contribution in [2.24, 2.45) is 5.92 Å². The third kappa shape index (κ3) is 5.27. The lowest BCUT2D eigenvalue weighted by Crippen LogP contribution is -2.09. The minimum atomic E-state index is -1.97. The van der Waals surface area contributed by atoms with E-state index in [0.29, 0.717) is 13.2 Å². The van der Waals surface area contributed by atoms with Crippen molar-refractivity contribution in [3.8, 4) is 0 Å². The predicted molar refractivity (Wildman–Crippen MR) is 73.6 cm³/mol.